The van der Waals surface area contributed by atoms with Crippen LogP contribution in [-0.2, 0) is 4.74 Å². The molecule has 3 aliphatic rings. The fourth-order valence-corrected chi connectivity index (χ4v) is 4.12. The van der Waals surface area contributed by atoms with E-state index in [0.29, 0.717) is 23.3 Å². The Morgan fingerprint density at radius 2 is 2.15 bits per heavy atom. The van der Waals surface area contributed by atoms with Gasteiger partial charge in [-0.25, -0.2) is 4.79 Å². The van der Waals surface area contributed by atoms with Crippen LogP contribution in [0, 0.1) is 0 Å². The monoisotopic (exact) mass is 402 g/mol. The van der Waals surface area contributed by atoms with Gasteiger partial charge in [0.2, 0.25) is 0 Å². The third-order valence-corrected chi connectivity index (χ3v) is 5.67. The second-order valence-electron chi connectivity index (χ2n) is 6.84. The molecule has 4 rings (SSSR count). The zero-order chi connectivity index (χ0) is 18.8. The molecule has 1 atom stereocenters. The number of carbonyl (C=O) groups excluding carboxylic acids is 1. The Kier molecular flexibility index (Phi) is 5.28. The van der Waals surface area contributed by atoms with Crippen LogP contribution in [0.1, 0.15) is 30.7 Å². The minimum Gasteiger partial charge on any atom is -0.462 e. The van der Waals surface area contributed by atoms with Crippen molar-refractivity contribution in [1.29, 1.82) is 0 Å². The molecule has 0 N–H and O–H groups in total. The first-order valence-electron chi connectivity index (χ1n) is 9.05. The third kappa shape index (κ3) is 3.92. The van der Waals surface area contributed by atoms with E-state index in [2.05, 4.69) is 6.07 Å². The summed E-state index contributed by atoms with van der Waals surface area (Å²) in [7, 11) is 0. The van der Waals surface area contributed by atoms with Gasteiger partial charge in [0.15, 0.2) is 0 Å². The highest BCUT2D eigenvalue weighted by molar-refractivity contribution is 6.32. The van der Waals surface area contributed by atoms with Gasteiger partial charge in [-0.2, -0.15) is 0 Å². The zero-order valence-electron chi connectivity index (χ0n) is 14.8. The highest BCUT2D eigenvalue weighted by Gasteiger charge is 2.30. The topological polar surface area (TPSA) is 32.8 Å². The summed E-state index contributed by atoms with van der Waals surface area (Å²) in [6.07, 6.45) is 11.5. The molecule has 1 aliphatic carbocycles. The zero-order valence-corrected chi connectivity index (χ0v) is 16.3. The summed E-state index contributed by atoms with van der Waals surface area (Å²) in [5, 5.41) is 1.39. The maximum absolute atomic E-state index is 13.0. The molecule has 2 heterocycles. The van der Waals surface area contributed by atoms with Gasteiger partial charge in [0, 0.05) is 40.8 Å². The molecule has 0 aromatic heterocycles. The van der Waals surface area contributed by atoms with Gasteiger partial charge < -0.3 is 9.64 Å². The Morgan fingerprint density at radius 3 is 2.96 bits per heavy atom. The van der Waals surface area contributed by atoms with Crippen LogP contribution >= 0.6 is 23.2 Å². The van der Waals surface area contributed by atoms with E-state index in [0.717, 1.165) is 36.4 Å². The van der Waals surface area contributed by atoms with Crippen LogP contribution in [0.5, 0.6) is 0 Å². The molecule has 1 unspecified atom stereocenters. The second kappa shape index (κ2) is 7.83. The number of urea groups is 1. The molecule has 0 bridgehead atoms. The van der Waals surface area contributed by atoms with Crippen LogP contribution in [0.2, 0.25) is 5.02 Å². The van der Waals surface area contributed by atoms with Crippen LogP contribution < -0.4 is 0 Å². The summed E-state index contributed by atoms with van der Waals surface area (Å²) in [5.74, 6) is 0.938. The molecule has 27 heavy (non-hydrogen) atoms. The van der Waals surface area contributed by atoms with Crippen LogP contribution in [0.25, 0.3) is 0 Å². The molecule has 0 radical (unpaired) electrons. The molecular weight excluding hydrogens is 383 g/mol. The summed E-state index contributed by atoms with van der Waals surface area (Å²) in [4.78, 5) is 16.4. The number of benzene rings is 1. The number of hydrogen-bond acceptors (Lipinski definition) is 2. The number of ether oxygens (including phenoxy) is 1. The van der Waals surface area contributed by atoms with Crippen molar-refractivity contribution in [2.45, 2.75) is 25.2 Å². The van der Waals surface area contributed by atoms with E-state index in [1.807, 2.05) is 35.3 Å². The van der Waals surface area contributed by atoms with Gasteiger partial charge in [0.1, 0.15) is 12.0 Å². The lowest BCUT2D eigenvalue weighted by molar-refractivity contribution is 0.185. The molecule has 6 heteroatoms. The van der Waals surface area contributed by atoms with E-state index in [1.165, 1.54) is 11.8 Å². The minimum absolute atomic E-state index is 0.0559. The van der Waals surface area contributed by atoms with Crippen LogP contribution in [0.4, 0.5) is 4.79 Å². The van der Waals surface area contributed by atoms with Gasteiger partial charge in [0.25, 0.3) is 0 Å². The Balaban J connectivity index is 1.47. The van der Waals surface area contributed by atoms with E-state index < -0.39 is 0 Å². The van der Waals surface area contributed by atoms with Crippen molar-refractivity contribution in [2.75, 3.05) is 13.1 Å². The number of halogens is 2. The van der Waals surface area contributed by atoms with E-state index in [9.17, 15) is 4.79 Å². The fraction of sp³-hybridized carbons (Fsp3) is 0.286. The largest absolute Gasteiger partial charge is 0.462 e. The molecule has 140 valence electrons. The molecule has 2 amide bonds. The lowest BCUT2D eigenvalue weighted by Gasteiger charge is -2.26. The number of carbonyl (C=O) groups is 1. The fourth-order valence-electron chi connectivity index (χ4n) is 3.64. The molecule has 1 fully saturated rings. The van der Waals surface area contributed by atoms with Crippen molar-refractivity contribution < 1.29 is 9.53 Å². The predicted octanol–water partition coefficient (Wildman–Crippen LogP) is 5.74. The molecular formula is C21H20Cl2N2O2. The van der Waals surface area contributed by atoms with E-state index in [-0.39, 0.29) is 6.03 Å². The molecule has 1 aromatic carbocycles. The smallest absolute Gasteiger partial charge is 0.328 e. The molecule has 1 aromatic rings. The summed E-state index contributed by atoms with van der Waals surface area (Å²) in [6.45, 7) is 1.40. The van der Waals surface area contributed by atoms with Gasteiger partial charge in [-0.3, -0.25) is 4.90 Å². The van der Waals surface area contributed by atoms with Crippen LogP contribution in [0.3, 0.4) is 0 Å². The number of amides is 2. The standard InChI is InChI=1S/C21H20Cl2N2O2/c22-17-5-3-4-15(12-17)16-8-9-24(13-16)21(26)25-10-11-27-20(14-25)18-6-1-2-7-19(18)23/h2-5,7,10-12,14,16H,1,6,8-9,13H2. The Bertz CT molecular complexity index is 873. The third-order valence-electron chi connectivity index (χ3n) is 5.08. The summed E-state index contributed by atoms with van der Waals surface area (Å²) < 4.78 is 5.61. The van der Waals surface area contributed by atoms with Gasteiger partial charge in [-0.1, -0.05) is 41.4 Å². The number of hydrogen-bond donors (Lipinski definition) is 0. The molecule has 1 saturated heterocycles. The minimum atomic E-state index is -0.0559. The van der Waals surface area contributed by atoms with E-state index in [1.54, 1.807) is 17.3 Å². The van der Waals surface area contributed by atoms with Crippen LogP contribution in [0.15, 0.2) is 71.4 Å². The van der Waals surface area contributed by atoms with Crippen molar-refractivity contribution in [3.63, 3.8) is 0 Å². The van der Waals surface area contributed by atoms with Crippen molar-refractivity contribution in [3.05, 3.63) is 82.0 Å². The maximum atomic E-state index is 13.0. The molecule has 4 nitrogen and oxygen atoms in total. The number of nitrogens with zero attached hydrogens (tertiary/aromatic N) is 2. The highest BCUT2D eigenvalue weighted by atomic mass is 35.5. The first-order chi connectivity index (χ1) is 13.1. The first-order valence-corrected chi connectivity index (χ1v) is 9.81. The van der Waals surface area contributed by atoms with Crippen molar-refractivity contribution in [1.82, 2.24) is 9.80 Å². The summed E-state index contributed by atoms with van der Waals surface area (Å²) in [5.41, 5.74) is 2.11. The molecule has 0 saturated carbocycles. The maximum Gasteiger partial charge on any atom is 0.328 e. The Morgan fingerprint density at radius 1 is 1.26 bits per heavy atom. The van der Waals surface area contributed by atoms with Gasteiger partial charge in [-0.15, -0.1) is 0 Å². The lowest BCUT2D eigenvalue weighted by Crippen LogP contribution is -2.37. The normalized spacial score (nSPS) is 22.1. The number of allylic oxidation sites excluding steroid dienone is 4. The summed E-state index contributed by atoms with van der Waals surface area (Å²) in [6, 6.07) is 7.83. The average molecular weight is 403 g/mol. The SMILES string of the molecule is O=C(N1C=COC(C2=C(Cl)C=CCC2)=C1)N1CCC(c2cccc(Cl)c2)C1. The van der Waals surface area contributed by atoms with Crippen molar-refractivity contribution >= 4 is 29.2 Å². The Labute approximate surface area is 169 Å². The van der Waals surface area contributed by atoms with E-state index in [4.69, 9.17) is 27.9 Å². The van der Waals surface area contributed by atoms with Crippen LogP contribution in [-0.4, -0.2) is 28.9 Å². The van der Waals surface area contributed by atoms with Gasteiger partial charge in [0.05, 0.1) is 6.20 Å². The highest BCUT2D eigenvalue weighted by Crippen LogP contribution is 2.32. The lowest BCUT2D eigenvalue weighted by atomic mass is 9.99. The quantitative estimate of drug-likeness (QED) is 0.631. The number of rotatable bonds is 2. The van der Waals surface area contributed by atoms with Gasteiger partial charge >= 0.3 is 6.03 Å². The predicted molar refractivity (Wildman–Crippen MR) is 107 cm³/mol. The van der Waals surface area contributed by atoms with E-state index >= 15 is 0 Å². The molecule has 2 aliphatic heterocycles. The first kappa shape index (κ1) is 18.2. The average Bonchev–Trinajstić information content (AvgIpc) is 3.18. The number of likely N-dealkylation sites (tertiary alicyclic amines) is 1. The van der Waals surface area contributed by atoms with Gasteiger partial charge in [-0.05, 0) is 43.0 Å². The van der Waals surface area contributed by atoms with Crippen molar-refractivity contribution in [3.8, 4) is 0 Å². The van der Waals surface area contributed by atoms with Crippen molar-refractivity contribution in [2.24, 2.45) is 0 Å². The second-order valence-corrected chi connectivity index (χ2v) is 7.68. The molecule has 0 spiro atoms. The summed E-state index contributed by atoms with van der Waals surface area (Å²) >= 11 is 12.4. The Hall–Kier alpha value is -2.17.